The molecule has 8 heteroatoms. The maximum atomic E-state index is 11.2. The highest BCUT2D eigenvalue weighted by Crippen LogP contribution is 2.23. The van der Waals surface area contributed by atoms with Gasteiger partial charge in [-0.3, -0.25) is 14.9 Å². The third kappa shape index (κ3) is 2.57. The van der Waals surface area contributed by atoms with Crippen LogP contribution in [0, 0.1) is 10.1 Å². The minimum Gasteiger partial charge on any atom is -0.397 e. The maximum absolute atomic E-state index is 11.2. The Morgan fingerprint density at radius 1 is 1.37 bits per heavy atom. The first kappa shape index (κ1) is 12.7. The van der Waals surface area contributed by atoms with E-state index in [-0.39, 0.29) is 23.4 Å². The van der Waals surface area contributed by atoms with Crippen molar-refractivity contribution in [1.29, 1.82) is 0 Å². The summed E-state index contributed by atoms with van der Waals surface area (Å²) in [4.78, 5) is 30.4. The van der Waals surface area contributed by atoms with Crippen molar-refractivity contribution in [3.05, 3.63) is 34.6 Å². The number of nitrogens with zero attached hydrogens (tertiary/aromatic N) is 4. The molecule has 0 aliphatic heterocycles. The minimum absolute atomic E-state index is 0.148. The molecule has 0 saturated carbocycles. The zero-order valence-electron chi connectivity index (χ0n) is 10.2. The molecule has 2 rings (SSSR count). The third-order valence-corrected chi connectivity index (χ3v) is 2.49. The van der Waals surface area contributed by atoms with Crippen LogP contribution in [0.5, 0.6) is 0 Å². The SMILES string of the molecule is CC(=O)N(C)c1cnc(-c2ccc([N+](=O)[O-])o2)nc1. The zero-order chi connectivity index (χ0) is 14.0. The fourth-order valence-electron chi connectivity index (χ4n) is 1.35. The molecule has 0 fully saturated rings. The summed E-state index contributed by atoms with van der Waals surface area (Å²) in [7, 11) is 1.60. The number of rotatable bonds is 3. The number of aromatic nitrogens is 2. The van der Waals surface area contributed by atoms with Crippen LogP contribution in [-0.2, 0) is 4.79 Å². The summed E-state index contributed by atoms with van der Waals surface area (Å²) >= 11 is 0. The van der Waals surface area contributed by atoms with Crippen molar-refractivity contribution < 1.29 is 14.1 Å². The fraction of sp³-hybridized carbons (Fsp3) is 0.182. The largest absolute Gasteiger partial charge is 0.433 e. The molecule has 0 atom stereocenters. The second-order valence-corrected chi connectivity index (χ2v) is 3.74. The van der Waals surface area contributed by atoms with Gasteiger partial charge in [0.15, 0.2) is 11.6 Å². The molecule has 0 aromatic carbocycles. The Morgan fingerprint density at radius 2 is 2.00 bits per heavy atom. The molecule has 0 aliphatic rings. The summed E-state index contributed by atoms with van der Waals surface area (Å²) < 4.78 is 4.97. The van der Waals surface area contributed by atoms with Gasteiger partial charge in [0.25, 0.3) is 0 Å². The van der Waals surface area contributed by atoms with E-state index < -0.39 is 4.92 Å². The van der Waals surface area contributed by atoms with E-state index in [2.05, 4.69) is 9.97 Å². The van der Waals surface area contributed by atoms with Crippen LogP contribution in [0.15, 0.2) is 28.9 Å². The monoisotopic (exact) mass is 262 g/mol. The van der Waals surface area contributed by atoms with Crippen molar-refractivity contribution in [2.45, 2.75) is 6.92 Å². The lowest BCUT2D eigenvalue weighted by Gasteiger charge is -2.13. The normalized spacial score (nSPS) is 10.2. The molecule has 0 spiro atoms. The van der Waals surface area contributed by atoms with Gasteiger partial charge in [0.05, 0.1) is 24.1 Å². The van der Waals surface area contributed by atoms with E-state index in [9.17, 15) is 14.9 Å². The van der Waals surface area contributed by atoms with Gasteiger partial charge in [0.1, 0.15) is 4.92 Å². The second-order valence-electron chi connectivity index (χ2n) is 3.74. The highest BCUT2D eigenvalue weighted by Gasteiger charge is 2.15. The molecule has 0 unspecified atom stereocenters. The summed E-state index contributed by atoms with van der Waals surface area (Å²) in [5, 5.41) is 10.5. The van der Waals surface area contributed by atoms with Gasteiger partial charge in [-0.1, -0.05) is 0 Å². The molecule has 98 valence electrons. The third-order valence-electron chi connectivity index (χ3n) is 2.49. The van der Waals surface area contributed by atoms with E-state index >= 15 is 0 Å². The first-order chi connectivity index (χ1) is 8.99. The number of hydrogen-bond acceptors (Lipinski definition) is 6. The minimum atomic E-state index is -0.638. The number of furan rings is 1. The Morgan fingerprint density at radius 3 is 2.47 bits per heavy atom. The van der Waals surface area contributed by atoms with Crippen molar-refractivity contribution in [2.75, 3.05) is 11.9 Å². The predicted molar refractivity (Wildman–Crippen MR) is 65.5 cm³/mol. The molecule has 2 aromatic heterocycles. The molecular weight excluding hydrogens is 252 g/mol. The van der Waals surface area contributed by atoms with Crippen LogP contribution >= 0.6 is 0 Å². The Kier molecular flexibility index (Phi) is 3.23. The van der Waals surface area contributed by atoms with Gasteiger partial charge < -0.3 is 9.32 Å². The lowest BCUT2D eigenvalue weighted by Crippen LogP contribution is -2.23. The summed E-state index contributed by atoms with van der Waals surface area (Å²) in [5.74, 6) is -0.106. The van der Waals surface area contributed by atoms with E-state index in [0.717, 1.165) is 0 Å². The average Bonchev–Trinajstić information content (AvgIpc) is 2.87. The maximum Gasteiger partial charge on any atom is 0.433 e. The highest BCUT2D eigenvalue weighted by molar-refractivity contribution is 5.90. The second kappa shape index (κ2) is 4.84. The van der Waals surface area contributed by atoms with Crippen LogP contribution in [0.1, 0.15) is 6.92 Å². The van der Waals surface area contributed by atoms with E-state index in [1.807, 2.05) is 0 Å². The molecule has 19 heavy (non-hydrogen) atoms. The van der Waals surface area contributed by atoms with Gasteiger partial charge >= 0.3 is 5.88 Å². The van der Waals surface area contributed by atoms with Crippen LogP contribution in [0.25, 0.3) is 11.6 Å². The van der Waals surface area contributed by atoms with Gasteiger partial charge in [0.2, 0.25) is 5.91 Å². The van der Waals surface area contributed by atoms with Crippen LogP contribution in [0.2, 0.25) is 0 Å². The molecular formula is C11H10N4O4. The van der Waals surface area contributed by atoms with E-state index in [4.69, 9.17) is 4.42 Å². The molecule has 2 heterocycles. The number of carbonyl (C=O) groups is 1. The molecule has 0 radical (unpaired) electrons. The Balaban J connectivity index is 2.27. The average molecular weight is 262 g/mol. The van der Waals surface area contributed by atoms with Gasteiger partial charge in [-0.25, -0.2) is 9.97 Å². The molecule has 2 aromatic rings. The standard InChI is InChI=1S/C11H10N4O4/c1-7(16)14(2)8-5-12-11(13-6-8)9-3-4-10(19-9)15(17)18/h3-6H,1-2H3. The van der Waals surface area contributed by atoms with E-state index in [0.29, 0.717) is 5.69 Å². The van der Waals surface area contributed by atoms with Crippen molar-refractivity contribution >= 4 is 17.5 Å². The van der Waals surface area contributed by atoms with Crippen molar-refractivity contribution in [3.8, 4) is 11.6 Å². The number of amides is 1. The Hall–Kier alpha value is -2.77. The smallest absolute Gasteiger partial charge is 0.397 e. The van der Waals surface area contributed by atoms with Crippen molar-refractivity contribution in [1.82, 2.24) is 9.97 Å². The van der Waals surface area contributed by atoms with Crippen molar-refractivity contribution in [3.63, 3.8) is 0 Å². The summed E-state index contributed by atoms with van der Waals surface area (Å²) in [6.45, 7) is 1.42. The van der Waals surface area contributed by atoms with E-state index in [1.54, 1.807) is 7.05 Å². The lowest BCUT2D eigenvalue weighted by atomic mass is 10.4. The van der Waals surface area contributed by atoms with Crippen LogP contribution in [0.4, 0.5) is 11.6 Å². The summed E-state index contributed by atoms with van der Waals surface area (Å²) in [6.07, 6.45) is 2.89. The summed E-state index contributed by atoms with van der Waals surface area (Å²) in [5.41, 5.74) is 0.525. The van der Waals surface area contributed by atoms with Gasteiger partial charge in [-0.2, -0.15) is 0 Å². The van der Waals surface area contributed by atoms with Crippen LogP contribution in [-0.4, -0.2) is 27.8 Å². The number of hydrogen-bond donors (Lipinski definition) is 0. The molecule has 1 amide bonds. The number of carbonyl (C=O) groups excluding carboxylic acids is 1. The molecule has 0 saturated heterocycles. The topological polar surface area (TPSA) is 102 Å². The van der Waals surface area contributed by atoms with Crippen LogP contribution in [0.3, 0.4) is 0 Å². The fourth-order valence-corrected chi connectivity index (χ4v) is 1.35. The van der Waals surface area contributed by atoms with Gasteiger partial charge in [-0.15, -0.1) is 0 Å². The Labute approximate surface area is 107 Å². The molecule has 0 bridgehead atoms. The first-order valence-corrected chi connectivity index (χ1v) is 5.30. The highest BCUT2D eigenvalue weighted by atomic mass is 16.6. The lowest BCUT2D eigenvalue weighted by molar-refractivity contribution is -0.401. The quantitative estimate of drug-likeness (QED) is 0.615. The Bertz CT molecular complexity index is 620. The number of anilines is 1. The number of nitro groups is 1. The van der Waals surface area contributed by atoms with Crippen molar-refractivity contribution in [2.24, 2.45) is 0 Å². The molecule has 8 nitrogen and oxygen atoms in total. The predicted octanol–water partition coefficient (Wildman–Crippen LogP) is 1.63. The molecule has 0 aliphatic carbocycles. The van der Waals surface area contributed by atoms with Gasteiger partial charge in [0, 0.05) is 14.0 Å². The van der Waals surface area contributed by atoms with Crippen LogP contribution < -0.4 is 4.90 Å². The molecule has 0 N–H and O–H groups in total. The summed E-state index contributed by atoms with van der Waals surface area (Å²) in [6, 6.07) is 2.65. The first-order valence-electron chi connectivity index (χ1n) is 5.30. The zero-order valence-corrected chi connectivity index (χ0v) is 10.2. The van der Waals surface area contributed by atoms with E-state index in [1.165, 1.54) is 36.4 Å². The van der Waals surface area contributed by atoms with Gasteiger partial charge in [-0.05, 0) is 6.07 Å².